The third-order valence-corrected chi connectivity index (χ3v) is 12.1. The maximum absolute atomic E-state index is 14.5. The van der Waals surface area contributed by atoms with E-state index in [0.29, 0.717) is 30.9 Å². The van der Waals surface area contributed by atoms with Crippen molar-refractivity contribution in [3.8, 4) is 0 Å². The van der Waals surface area contributed by atoms with Crippen molar-refractivity contribution >= 4 is 29.4 Å². The second-order valence-electron chi connectivity index (χ2n) is 17.2. The Labute approximate surface area is 352 Å². The smallest absolute Gasteiger partial charge is 0.245 e. The summed E-state index contributed by atoms with van der Waals surface area (Å²) in [5.41, 5.74) is 7.54. The molecule has 1 aliphatic rings. The Hall–Kier alpha value is -4.11. The summed E-state index contributed by atoms with van der Waals surface area (Å²) >= 11 is 0. The van der Waals surface area contributed by atoms with E-state index in [9.17, 15) is 24.3 Å². The zero-order valence-corrected chi connectivity index (χ0v) is 37.6. The molecule has 59 heavy (non-hydrogen) atoms. The van der Waals surface area contributed by atoms with Gasteiger partial charge in [-0.15, -0.1) is 0 Å². The van der Waals surface area contributed by atoms with Crippen molar-refractivity contribution in [2.45, 2.75) is 136 Å². The van der Waals surface area contributed by atoms with Gasteiger partial charge in [0, 0.05) is 40.6 Å². The molecule has 0 radical (unpaired) electrons. The Morgan fingerprint density at radius 3 is 2.17 bits per heavy atom. The van der Waals surface area contributed by atoms with Crippen LogP contribution in [0.4, 0.5) is 5.82 Å². The highest BCUT2D eigenvalue weighted by molar-refractivity contribution is 5.90. The molecule has 3 rings (SSSR count). The minimum absolute atomic E-state index is 0.00931. The van der Waals surface area contributed by atoms with E-state index in [2.05, 4.69) is 15.6 Å². The van der Waals surface area contributed by atoms with Gasteiger partial charge < -0.3 is 40.7 Å². The first-order chi connectivity index (χ1) is 27.9. The lowest BCUT2D eigenvalue weighted by Crippen LogP contribution is -2.60. The van der Waals surface area contributed by atoms with Crippen molar-refractivity contribution in [1.82, 2.24) is 30.3 Å². The van der Waals surface area contributed by atoms with Gasteiger partial charge in [0.1, 0.15) is 11.9 Å². The monoisotopic (exact) mass is 824 g/mol. The number of likely N-dealkylation sites (N-methyl/N-ethyl adjacent to an activating group) is 2. The lowest BCUT2D eigenvalue weighted by molar-refractivity contribution is -0.148. The number of hydrogen-bond donors (Lipinski definition) is 4. The lowest BCUT2D eigenvalue weighted by atomic mass is 9.89. The minimum atomic E-state index is -0.887. The lowest BCUT2D eigenvalue weighted by Gasteiger charge is -2.41. The van der Waals surface area contributed by atoms with Gasteiger partial charge >= 0.3 is 0 Å². The number of likely N-dealkylation sites (tertiary alicyclic amines) is 1. The summed E-state index contributed by atoms with van der Waals surface area (Å²) in [7, 11) is 6.72. The highest BCUT2D eigenvalue weighted by Crippen LogP contribution is 2.30. The van der Waals surface area contributed by atoms with Crippen LogP contribution in [0.25, 0.3) is 0 Å². The van der Waals surface area contributed by atoms with E-state index in [1.807, 2.05) is 89.9 Å². The minimum Gasteiger partial charge on any atom is -0.386 e. The number of nitrogens with one attached hydrogen (secondary N) is 2. The Morgan fingerprint density at radius 2 is 1.61 bits per heavy atom. The number of carbonyl (C=O) groups is 4. The van der Waals surface area contributed by atoms with Crippen molar-refractivity contribution in [1.29, 1.82) is 0 Å². The van der Waals surface area contributed by atoms with E-state index >= 15 is 0 Å². The number of methoxy groups -OCH3 is 2. The van der Waals surface area contributed by atoms with Gasteiger partial charge in [-0.05, 0) is 67.8 Å². The number of nitrogens with zero attached hydrogens (tertiary/aromatic N) is 4. The molecule has 4 amide bonds. The summed E-state index contributed by atoms with van der Waals surface area (Å²) in [6.45, 7) is 16.4. The first-order valence-corrected chi connectivity index (χ1v) is 21.2. The number of carbonyl (C=O) groups excluding carboxylic acids is 4. The molecule has 1 fully saturated rings. The molecule has 5 N–H and O–H groups in total. The number of nitrogen functional groups attached to an aromatic ring is 1. The molecule has 0 bridgehead atoms. The predicted molar refractivity (Wildman–Crippen MR) is 231 cm³/mol. The number of anilines is 1. The molecule has 0 spiro atoms. The fourth-order valence-corrected chi connectivity index (χ4v) is 8.64. The quantitative estimate of drug-likeness (QED) is 0.133. The van der Waals surface area contributed by atoms with Crippen molar-refractivity contribution in [3.63, 3.8) is 0 Å². The van der Waals surface area contributed by atoms with Crippen molar-refractivity contribution in [3.05, 3.63) is 59.8 Å². The molecule has 14 heteroatoms. The molecule has 330 valence electrons. The largest absolute Gasteiger partial charge is 0.386 e. The van der Waals surface area contributed by atoms with E-state index in [1.54, 1.807) is 57.2 Å². The number of ether oxygens (including phenoxy) is 2. The second kappa shape index (κ2) is 23.0. The number of nitrogens with two attached hydrogens (primary N) is 1. The predicted octanol–water partition coefficient (Wildman–Crippen LogP) is 4.42. The zero-order valence-electron chi connectivity index (χ0n) is 37.6. The third-order valence-electron chi connectivity index (χ3n) is 12.1. The van der Waals surface area contributed by atoms with Gasteiger partial charge in [-0.2, -0.15) is 0 Å². The summed E-state index contributed by atoms with van der Waals surface area (Å²) in [6, 6.07) is 10.1. The summed E-state index contributed by atoms with van der Waals surface area (Å²) in [6.07, 6.45) is 1.65. The average molecular weight is 824 g/mol. The summed E-state index contributed by atoms with van der Waals surface area (Å²) < 4.78 is 12.0. The van der Waals surface area contributed by atoms with Crippen LogP contribution in [0.3, 0.4) is 0 Å². The van der Waals surface area contributed by atoms with Gasteiger partial charge in [0.2, 0.25) is 23.6 Å². The molecule has 1 aromatic carbocycles. The van der Waals surface area contributed by atoms with Crippen LogP contribution in [-0.4, -0.2) is 126 Å². The average Bonchev–Trinajstić information content (AvgIpc) is 3.68. The van der Waals surface area contributed by atoms with Gasteiger partial charge in [0.25, 0.3) is 0 Å². The number of hydrogen-bond acceptors (Lipinski definition) is 10. The van der Waals surface area contributed by atoms with Gasteiger partial charge in [-0.1, -0.05) is 85.2 Å². The number of aliphatic hydroxyl groups is 1. The number of aromatic nitrogens is 1. The Kier molecular flexibility index (Phi) is 19.2. The van der Waals surface area contributed by atoms with Crippen molar-refractivity contribution < 1.29 is 33.8 Å². The molecule has 0 aliphatic carbocycles. The maximum Gasteiger partial charge on any atom is 0.245 e. The van der Waals surface area contributed by atoms with Gasteiger partial charge in [-0.25, -0.2) is 4.98 Å². The number of amides is 4. The third kappa shape index (κ3) is 12.9. The van der Waals surface area contributed by atoms with Gasteiger partial charge in [-0.3, -0.25) is 24.1 Å². The molecular weight excluding hydrogens is 751 g/mol. The van der Waals surface area contributed by atoms with Crippen molar-refractivity contribution in [2.75, 3.05) is 40.6 Å². The zero-order chi connectivity index (χ0) is 44.1. The van der Waals surface area contributed by atoms with E-state index in [-0.39, 0.29) is 53.8 Å². The van der Waals surface area contributed by atoms with Crippen LogP contribution < -0.4 is 16.4 Å². The Balaban J connectivity index is 1.77. The summed E-state index contributed by atoms with van der Waals surface area (Å²) in [5, 5.41) is 16.9. The number of aliphatic hydroxyl groups excluding tert-OH is 1. The van der Waals surface area contributed by atoms with E-state index in [0.717, 1.165) is 18.4 Å². The Morgan fingerprint density at radius 1 is 0.949 bits per heavy atom. The van der Waals surface area contributed by atoms with E-state index in [4.69, 9.17) is 15.2 Å². The highest BCUT2D eigenvalue weighted by atomic mass is 16.5. The highest BCUT2D eigenvalue weighted by Gasteiger charge is 2.43. The summed E-state index contributed by atoms with van der Waals surface area (Å²) in [4.78, 5) is 65.9. The number of rotatable bonds is 22. The number of pyridine rings is 1. The normalized spacial score (nSPS) is 19.1. The van der Waals surface area contributed by atoms with Crippen LogP contribution in [0.2, 0.25) is 0 Å². The standard InChI is InChI=1S/C45H73N7O7/c1-13-29(6)40(51(10)45(57)38(27(2)3)49-44(56)39(28(4)5)50(9)26-32-21-22-47-36(46)24-32)35(58-11)25-37(53)52-23-17-20-34(52)42(59-12)30(7)43(55)48-31(8)41(54)33-18-15-14-16-19-33/h14-16,18-19,21-22,24,27-31,34-35,38-42,54H,13,17,20,23,25-26H2,1-12H3,(H2,46,47)(H,48,55)(H,49,56)/t29-,30+,31+,34-,35-,38-,39-,40-,41-,42+/m0/s1. The SMILES string of the molecule is CC[C@H](C)[C@@H]([C@H](CC(=O)N1CCC[C@H]1[C@H](OC)[C@@H](C)C(=O)N[C@H](C)[C@H](O)c1ccccc1)OC)N(C)C(=O)[C@@H](NC(=O)[C@H](C(C)C)N(C)Cc1ccnc(N)c1)C(C)C. The molecule has 0 saturated carbocycles. The van der Waals surface area contributed by atoms with E-state index < -0.39 is 48.4 Å². The van der Waals surface area contributed by atoms with E-state index in [1.165, 1.54) is 0 Å². The first-order valence-electron chi connectivity index (χ1n) is 21.2. The molecular formula is C45H73N7O7. The van der Waals surface area contributed by atoms with Crippen LogP contribution in [-0.2, 0) is 35.2 Å². The maximum atomic E-state index is 14.5. The first kappa shape index (κ1) is 49.3. The molecule has 1 saturated heterocycles. The van der Waals surface area contributed by atoms with Crippen LogP contribution >= 0.6 is 0 Å². The fraction of sp³-hybridized carbons (Fsp3) is 0.667. The number of benzene rings is 1. The van der Waals surface area contributed by atoms with Crippen molar-refractivity contribution in [2.24, 2.45) is 23.7 Å². The van der Waals surface area contributed by atoms with Gasteiger partial charge in [0.05, 0.1) is 54.8 Å². The molecule has 14 nitrogen and oxygen atoms in total. The molecule has 10 atom stereocenters. The molecule has 2 aromatic rings. The Bertz CT molecular complexity index is 1650. The molecule has 1 aromatic heterocycles. The van der Waals surface area contributed by atoms with Crippen LogP contribution in [0.15, 0.2) is 48.7 Å². The van der Waals surface area contributed by atoms with Gasteiger partial charge in [0.15, 0.2) is 0 Å². The molecule has 2 heterocycles. The molecule has 1 aliphatic heterocycles. The second-order valence-corrected chi connectivity index (χ2v) is 17.2. The van der Waals surface area contributed by atoms with Crippen LogP contribution in [0, 0.1) is 23.7 Å². The van der Waals surface area contributed by atoms with Crippen LogP contribution in [0.1, 0.15) is 98.3 Å². The molecule has 0 unspecified atom stereocenters. The topological polar surface area (TPSA) is 180 Å². The summed E-state index contributed by atoms with van der Waals surface area (Å²) in [5.74, 6) is -1.49. The fourth-order valence-electron chi connectivity index (χ4n) is 8.64. The van der Waals surface area contributed by atoms with Crippen LogP contribution in [0.5, 0.6) is 0 Å².